The quantitative estimate of drug-likeness (QED) is 0.482. The van der Waals surface area contributed by atoms with Crippen LogP contribution in [0.3, 0.4) is 0 Å². The Morgan fingerprint density at radius 2 is 2.25 bits per heavy atom. The molecular formula is C11H15N3O2. The van der Waals surface area contributed by atoms with E-state index in [1.807, 2.05) is 19.9 Å². The molecule has 0 atom stereocenters. The van der Waals surface area contributed by atoms with Crippen molar-refractivity contribution < 1.29 is 4.92 Å². The van der Waals surface area contributed by atoms with Crippen molar-refractivity contribution in [3.05, 3.63) is 39.6 Å². The molecule has 0 saturated carbocycles. The molecule has 0 aromatic carbocycles. The van der Waals surface area contributed by atoms with Gasteiger partial charge in [0.2, 0.25) is 0 Å². The summed E-state index contributed by atoms with van der Waals surface area (Å²) in [6.45, 7) is 6.32. The Hall–Kier alpha value is -1.91. The normalized spacial score (nSPS) is 9.69. The minimum atomic E-state index is -0.428. The van der Waals surface area contributed by atoms with Crippen LogP contribution >= 0.6 is 0 Å². The molecule has 0 aliphatic heterocycles. The van der Waals surface area contributed by atoms with Crippen LogP contribution in [0.4, 0.5) is 11.5 Å². The van der Waals surface area contributed by atoms with E-state index >= 15 is 0 Å². The first-order chi connectivity index (χ1) is 7.50. The van der Waals surface area contributed by atoms with Gasteiger partial charge in [0.1, 0.15) is 11.5 Å². The zero-order valence-electron chi connectivity index (χ0n) is 9.65. The Bertz CT molecular complexity index is 423. The third-order valence-corrected chi connectivity index (χ3v) is 2.05. The lowest BCUT2D eigenvalue weighted by molar-refractivity contribution is -0.385. The van der Waals surface area contributed by atoms with E-state index in [0.29, 0.717) is 18.1 Å². The molecule has 0 radical (unpaired) electrons. The molecule has 1 aromatic heterocycles. The molecule has 0 bridgehead atoms. The van der Waals surface area contributed by atoms with E-state index in [0.717, 1.165) is 0 Å². The number of anilines is 1. The van der Waals surface area contributed by atoms with E-state index in [1.165, 1.54) is 11.6 Å². The Morgan fingerprint density at radius 1 is 1.56 bits per heavy atom. The number of nitrogens with one attached hydrogen (secondary N) is 1. The number of nitrogens with zero attached hydrogens (tertiary/aromatic N) is 2. The first-order valence-electron chi connectivity index (χ1n) is 5.00. The second-order valence-electron chi connectivity index (χ2n) is 3.72. The first-order valence-corrected chi connectivity index (χ1v) is 5.00. The van der Waals surface area contributed by atoms with E-state index < -0.39 is 4.92 Å². The molecule has 1 heterocycles. The number of nitro groups is 1. The summed E-state index contributed by atoms with van der Waals surface area (Å²) in [6, 6.07) is 3.08. The number of aryl methyl sites for hydroxylation is 1. The van der Waals surface area contributed by atoms with Crippen molar-refractivity contribution in [1.29, 1.82) is 0 Å². The fraction of sp³-hybridized carbons (Fsp3) is 0.364. The monoisotopic (exact) mass is 221 g/mol. The third-order valence-electron chi connectivity index (χ3n) is 2.05. The number of allylic oxidation sites excluding steroid dienone is 1. The molecule has 0 aliphatic carbocycles. The van der Waals surface area contributed by atoms with Crippen molar-refractivity contribution >= 4 is 11.5 Å². The summed E-state index contributed by atoms with van der Waals surface area (Å²) in [6.07, 6.45) is 2.03. The zero-order valence-corrected chi connectivity index (χ0v) is 9.65. The maximum absolute atomic E-state index is 10.6. The van der Waals surface area contributed by atoms with Crippen LogP contribution < -0.4 is 5.32 Å². The van der Waals surface area contributed by atoms with Gasteiger partial charge in [-0.25, -0.2) is 4.98 Å². The van der Waals surface area contributed by atoms with E-state index in [9.17, 15) is 10.1 Å². The van der Waals surface area contributed by atoms with Crippen LogP contribution in [-0.2, 0) is 0 Å². The highest BCUT2D eigenvalue weighted by Gasteiger charge is 2.10. The van der Waals surface area contributed by atoms with Gasteiger partial charge in [-0.15, -0.1) is 0 Å². The average molecular weight is 221 g/mol. The van der Waals surface area contributed by atoms with Gasteiger partial charge in [0.25, 0.3) is 5.69 Å². The summed E-state index contributed by atoms with van der Waals surface area (Å²) >= 11 is 0. The minimum absolute atomic E-state index is 0.0489. The van der Waals surface area contributed by atoms with Gasteiger partial charge < -0.3 is 5.32 Å². The number of hydrogen-bond donors (Lipinski definition) is 1. The van der Waals surface area contributed by atoms with Gasteiger partial charge in [0, 0.05) is 12.6 Å². The topological polar surface area (TPSA) is 68.1 Å². The molecule has 0 unspecified atom stereocenters. The highest BCUT2D eigenvalue weighted by Crippen LogP contribution is 2.17. The Morgan fingerprint density at radius 3 is 2.75 bits per heavy atom. The SMILES string of the molecule is CC(C)=CCNc1ccc([N+](=O)[O-])c(C)n1. The number of hydrogen-bond acceptors (Lipinski definition) is 4. The molecule has 0 spiro atoms. The molecule has 1 N–H and O–H groups in total. The van der Waals surface area contributed by atoms with Crippen molar-refractivity contribution in [3.8, 4) is 0 Å². The van der Waals surface area contributed by atoms with Crippen molar-refractivity contribution in [1.82, 2.24) is 4.98 Å². The van der Waals surface area contributed by atoms with Crippen LogP contribution in [0.5, 0.6) is 0 Å². The van der Waals surface area contributed by atoms with E-state index in [1.54, 1.807) is 13.0 Å². The van der Waals surface area contributed by atoms with Crippen LogP contribution in [0.15, 0.2) is 23.8 Å². The summed E-state index contributed by atoms with van der Waals surface area (Å²) < 4.78 is 0. The largest absolute Gasteiger partial charge is 0.367 e. The second kappa shape index (κ2) is 5.25. The van der Waals surface area contributed by atoms with Gasteiger partial charge >= 0.3 is 0 Å². The lowest BCUT2D eigenvalue weighted by atomic mass is 10.3. The molecule has 0 fully saturated rings. The van der Waals surface area contributed by atoms with E-state index in [2.05, 4.69) is 10.3 Å². The summed E-state index contributed by atoms with van der Waals surface area (Å²) in [5.41, 5.74) is 1.69. The molecule has 5 nitrogen and oxygen atoms in total. The van der Waals surface area contributed by atoms with Crippen molar-refractivity contribution in [2.24, 2.45) is 0 Å². The molecule has 1 aromatic rings. The highest BCUT2D eigenvalue weighted by atomic mass is 16.6. The van der Waals surface area contributed by atoms with Crippen molar-refractivity contribution in [2.75, 3.05) is 11.9 Å². The van der Waals surface area contributed by atoms with E-state index in [4.69, 9.17) is 0 Å². The summed E-state index contributed by atoms with van der Waals surface area (Å²) in [7, 11) is 0. The van der Waals surface area contributed by atoms with Gasteiger partial charge in [0.05, 0.1) is 4.92 Å². The van der Waals surface area contributed by atoms with Gasteiger partial charge in [-0.05, 0) is 26.8 Å². The fourth-order valence-corrected chi connectivity index (χ4v) is 1.20. The molecule has 5 heteroatoms. The first kappa shape index (κ1) is 12.2. The highest BCUT2D eigenvalue weighted by molar-refractivity contribution is 5.45. The lowest BCUT2D eigenvalue weighted by Gasteiger charge is -2.04. The van der Waals surface area contributed by atoms with Crippen LogP contribution in [0, 0.1) is 17.0 Å². The maximum Gasteiger partial charge on any atom is 0.290 e. The van der Waals surface area contributed by atoms with Gasteiger partial charge in [-0.1, -0.05) is 11.6 Å². The Labute approximate surface area is 94.4 Å². The summed E-state index contributed by atoms with van der Waals surface area (Å²) in [4.78, 5) is 14.3. The molecule has 0 saturated heterocycles. The standard InChI is InChI=1S/C11H15N3O2/c1-8(2)6-7-12-11-5-4-10(14(15)16)9(3)13-11/h4-6H,7H2,1-3H3,(H,12,13). The minimum Gasteiger partial charge on any atom is -0.367 e. The Kier molecular flexibility index (Phi) is 3.99. The number of rotatable bonds is 4. The molecule has 86 valence electrons. The smallest absolute Gasteiger partial charge is 0.290 e. The van der Waals surface area contributed by atoms with Crippen LogP contribution in [0.1, 0.15) is 19.5 Å². The van der Waals surface area contributed by atoms with Crippen molar-refractivity contribution in [2.45, 2.75) is 20.8 Å². The van der Waals surface area contributed by atoms with Gasteiger partial charge in [0.15, 0.2) is 0 Å². The summed E-state index contributed by atoms with van der Waals surface area (Å²) in [5, 5.41) is 13.6. The predicted molar refractivity (Wildman–Crippen MR) is 63.5 cm³/mol. The summed E-state index contributed by atoms with van der Waals surface area (Å²) in [5.74, 6) is 0.653. The van der Waals surface area contributed by atoms with Gasteiger partial charge in [-0.2, -0.15) is 0 Å². The molecule has 0 aliphatic rings. The van der Waals surface area contributed by atoms with Crippen molar-refractivity contribution in [3.63, 3.8) is 0 Å². The fourth-order valence-electron chi connectivity index (χ4n) is 1.20. The number of pyridine rings is 1. The third kappa shape index (κ3) is 3.34. The van der Waals surface area contributed by atoms with E-state index in [-0.39, 0.29) is 5.69 Å². The molecule has 1 rings (SSSR count). The van der Waals surface area contributed by atoms with Crippen LogP contribution in [0.2, 0.25) is 0 Å². The predicted octanol–water partition coefficient (Wildman–Crippen LogP) is 2.68. The average Bonchev–Trinajstić information content (AvgIpc) is 2.16. The second-order valence-corrected chi connectivity index (χ2v) is 3.72. The van der Waals surface area contributed by atoms with Crippen LogP contribution in [0.25, 0.3) is 0 Å². The zero-order chi connectivity index (χ0) is 12.1. The lowest BCUT2D eigenvalue weighted by Crippen LogP contribution is -2.03. The molecule has 0 amide bonds. The van der Waals surface area contributed by atoms with Gasteiger partial charge in [-0.3, -0.25) is 10.1 Å². The molecule has 16 heavy (non-hydrogen) atoms. The Balaban J connectivity index is 2.74. The van der Waals surface area contributed by atoms with Crippen LogP contribution in [-0.4, -0.2) is 16.5 Å². The maximum atomic E-state index is 10.6. The molecular weight excluding hydrogens is 206 g/mol. The number of aromatic nitrogens is 1.